The molecular weight excluding hydrogens is 196 g/mol. The van der Waals surface area contributed by atoms with Crippen LogP contribution in [0.25, 0.3) is 10.1 Å². The summed E-state index contributed by atoms with van der Waals surface area (Å²) in [6.45, 7) is 0. The van der Waals surface area contributed by atoms with E-state index in [1.54, 1.807) is 12.1 Å². The number of carbonyl (C=O) groups is 1. The van der Waals surface area contributed by atoms with Gasteiger partial charge in [-0.2, -0.15) is 5.26 Å². The number of hydrogen-bond donors (Lipinski definition) is 1. The highest BCUT2D eigenvalue weighted by Gasteiger charge is 2.08. The van der Waals surface area contributed by atoms with Crippen LogP contribution in [0.5, 0.6) is 0 Å². The average molecular weight is 202 g/mol. The lowest BCUT2D eigenvalue weighted by Gasteiger charge is -1.96. The average Bonchev–Trinajstić information content (AvgIpc) is 2.60. The van der Waals surface area contributed by atoms with Crippen LogP contribution in [0.15, 0.2) is 18.2 Å². The van der Waals surface area contributed by atoms with Crippen molar-refractivity contribution in [1.82, 2.24) is 0 Å². The second-order valence-corrected chi connectivity index (χ2v) is 3.91. The maximum Gasteiger partial charge on any atom is 0.160 e. The van der Waals surface area contributed by atoms with Gasteiger partial charge in [-0.3, -0.25) is 4.79 Å². The van der Waals surface area contributed by atoms with E-state index in [2.05, 4.69) is 0 Å². The standard InChI is InChI=1S/C10H6N2OS/c11-4-8-9(12)2-1-6-3-7(5-13)14-10(6)8/h1-3,5H,12H2. The fraction of sp³-hybridized carbons (Fsp3) is 0. The Morgan fingerprint density at radius 2 is 2.29 bits per heavy atom. The fourth-order valence-corrected chi connectivity index (χ4v) is 2.29. The van der Waals surface area contributed by atoms with Crippen molar-refractivity contribution < 1.29 is 4.79 Å². The van der Waals surface area contributed by atoms with Gasteiger partial charge in [-0.1, -0.05) is 6.07 Å². The monoisotopic (exact) mass is 202 g/mol. The van der Waals surface area contributed by atoms with Crippen LogP contribution in [-0.4, -0.2) is 6.29 Å². The number of hydrogen-bond acceptors (Lipinski definition) is 4. The number of nitrogen functional groups attached to an aromatic ring is 1. The summed E-state index contributed by atoms with van der Waals surface area (Å²) in [6.07, 6.45) is 0.780. The zero-order chi connectivity index (χ0) is 10.1. The first-order chi connectivity index (χ1) is 6.76. The Morgan fingerprint density at radius 1 is 1.50 bits per heavy atom. The highest BCUT2D eigenvalue weighted by Crippen LogP contribution is 2.30. The molecule has 0 amide bonds. The van der Waals surface area contributed by atoms with E-state index >= 15 is 0 Å². The van der Waals surface area contributed by atoms with E-state index < -0.39 is 0 Å². The van der Waals surface area contributed by atoms with Crippen LogP contribution in [0.4, 0.5) is 5.69 Å². The van der Waals surface area contributed by atoms with Crippen LogP contribution in [0.2, 0.25) is 0 Å². The predicted molar refractivity (Wildman–Crippen MR) is 56.3 cm³/mol. The molecule has 0 aliphatic rings. The summed E-state index contributed by atoms with van der Waals surface area (Å²) in [5.41, 5.74) is 6.56. The van der Waals surface area contributed by atoms with E-state index in [0.717, 1.165) is 16.4 Å². The number of rotatable bonds is 1. The maximum atomic E-state index is 10.6. The van der Waals surface area contributed by atoms with Crippen molar-refractivity contribution in [2.45, 2.75) is 0 Å². The molecule has 14 heavy (non-hydrogen) atoms. The van der Waals surface area contributed by atoms with Gasteiger partial charge in [-0.25, -0.2) is 0 Å². The molecule has 1 aromatic heterocycles. The van der Waals surface area contributed by atoms with E-state index in [1.165, 1.54) is 11.3 Å². The third-order valence-corrected chi connectivity index (χ3v) is 3.06. The summed E-state index contributed by atoms with van der Waals surface area (Å²) in [6, 6.07) is 7.30. The zero-order valence-corrected chi connectivity index (χ0v) is 7.97. The van der Waals surface area contributed by atoms with Crippen LogP contribution in [-0.2, 0) is 0 Å². The van der Waals surface area contributed by atoms with Crippen LogP contribution in [0.3, 0.4) is 0 Å². The third-order valence-electron chi connectivity index (χ3n) is 1.97. The zero-order valence-electron chi connectivity index (χ0n) is 7.15. The minimum absolute atomic E-state index is 0.458. The Hall–Kier alpha value is -1.86. The van der Waals surface area contributed by atoms with Gasteiger partial charge < -0.3 is 5.73 Å². The summed E-state index contributed by atoms with van der Waals surface area (Å²) in [5.74, 6) is 0. The molecule has 1 heterocycles. The number of carbonyl (C=O) groups excluding carboxylic acids is 1. The first-order valence-electron chi connectivity index (χ1n) is 3.93. The Morgan fingerprint density at radius 3 is 2.93 bits per heavy atom. The summed E-state index contributed by atoms with van der Waals surface area (Å²) in [5, 5.41) is 9.78. The van der Waals surface area contributed by atoms with Gasteiger partial charge in [0.1, 0.15) is 6.07 Å². The van der Waals surface area contributed by atoms with E-state index in [1.807, 2.05) is 12.1 Å². The molecule has 0 fully saturated rings. The van der Waals surface area contributed by atoms with E-state index in [4.69, 9.17) is 11.0 Å². The SMILES string of the molecule is N#Cc1c(N)ccc2cc(C=O)sc12. The molecule has 0 spiro atoms. The molecule has 0 aliphatic carbocycles. The first kappa shape index (κ1) is 8.73. The van der Waals surface area contributed by atoms with Crippen LogP contribution in [0, 0.1) is 11.3 Å². The van der Waals surface area contributed by atoms with Gasteiger partial charge in [-0.05, 0) is 17.5 Å². The van der Waals surface area contributed by atoms with Crippen LogP contribution in [0.1, 0.15) is 15.2 Å². The van der Waals surface area contributed by atoms with Gasteiger partial charge in [0.2, 0.25) is 0 Å². The summed E-state index contributed by atoms with van der Waals surface area (Å²) >= 11 is 1.29. The number of nitrogens with two attached hydrogens (primary N) is 1. The summed E-state index contributed by atoms with van der Waals surface area (Å²) in [7, 11) is 0. The quantitative estimate of drug-likeness (QED) is 0.569. The molecule has 1 aromatic carbocycles. The molecular formula is C10H6N2OS. The first-order valence-corrected chi connectivity index (χ1v) is 4.75. The van der Waals surface area contributed by atoms with Gasteiger partial charge in [-0.15, -0.1) is 11.3 Å². The van der Waals surface area contributed by atoms with E-state index in [-0.39, 0.29) is 0 Å². The number of fused-ring (bicyclic) bond motifs is 1. The van der Waals surface area contributed by atoms with E-state index in [9.17, 15) is 4.79 Å². The Kier molecular flexibility index (Phi) is 1.95. The topological polar surface area (TPSA) is 66.9 Å². The molecule has 2 aromatic rings. The minimum Gasteiger partial charge on any atom is -0.398 e. The van der Waals surface area contributed by atoms with Crippen molar-refractivity contribution in [3.05, 3.63) is 28.6 Å². The van der Waals surface area contributed by atoms with Gasteiger partial charge in [0.05, 0.1) is 20.8 Å². The van der Waals surface area contributed by atoms with Crippen molar-refractivity contribution >= 4 is 33.4 Å². The molecule has 3 nitrogen and oxygen atoms in total. The number of nitriles is 1. The molecule has 0 saturated carbocycles. The largest absolute Gasteiger partial charge is 0.398 e. The lowest BCUT2D eigenvalue weighted by molar-refractivity contribution is 0.112. The van der Waals surface area contributed by atoms with Crippen molar-refractivity contribution in [3.63, 3.8) is 0 Å². The molecule has 0 bridgehead atoms. The van der Waals surface area contributed by atoms with Crippen molar-refractivity contribution in [3.8, 4) is 6.07 Å². The minimum atomic E-state index is 0.458. The van der Waals surface area contributed by atoms with Gasteiger partial charge >= 0.3 is 0 Å². The third kappa shape index (κ3) is 1.15. The second kappa shape index (κ2) is 3.13. The Bertz CT molecular complexity index is 551. The van der Waals surface area contributed by atoms with E-state index in [0.29, 0.717) is 16.1 Å². The number of aldehydes is 1. The number of thiophene rings is 1. The number of nitrogens with zero attached hydrogens (tertiary/aromatic N) is 1. The molecule has 2 rings (SSSR count). The molecule has 4 heteroatoms. The smallest absolute Gasteiger partial charge is 0.160 e. The molecule has 68 valence electrons. The normalized spacial score (nSPS) is 9.93. The highest BCUT2D eigenvalue weighted by molar-refractivity contribution is 7.20. The van der Waals surface area contributed by atoms with Gasteiger partial charge in [0.15, 0.2) is 6.29 Å². The Labute approximate surface area is 84.4 Å². The maximum absolute atomic E-state index is 10.6. The molecule has 0 atom stereocenters. The van der Waals surface area contributed by atoms with Crippen LogP contribution < -0.4 is 5.73 Å². The fourth-order valence-electron chi connectivity index (χ4n) is 1.31. The summed E-state index contributed by atoms with van der Waals surface area (Å²) < 4.78 is 0.787. The molecule has 0 aliphatic heterocycles. The van der Waals surface area contributed by atoms with Crippen LogP contribution >= 0.6 is 11.3 Å². The van der Waals surface area contributed by atoms with Crippen molar-refractivity contribution in [2.75, 3.05) is 5.73 Å². The Balaban J connectivity index is 2.87. The molecule has 2 N–H and O–H groups in total. The number of benzene rings is 1. The van der Waals surface area contributed by atoms with Crippen molar-refractivity contribution in [2.24, 2.45) is 0 Å². The lowest BCUT2D eigenvalue weighted by Crippen LogP contribution is -1.88. The van der Waals surface area contributed by atoms with Gasteiger partial charge in [0, 0.05) is 0 Å². The predicted octanol–water partition coefficient (Wildman–Crippen LogP) is 2.17. The number of anilines is 1. The molecule has 0 saturated heterocycles. The summed E-state index contributed by atoms with van der Waals surface area (Å²) in [4.78, 5) is 11.2. The highest BCUT2D eigenvalue weighted by atomic mass is 32.1. The lowest BCUT2D eigenvalue weighted by atomic mass is 10.1. The van der Waals surface area contributed by atoms with Gasteiger partial charge in [0.25, 0.3) is 0 Å². The van der Waals surface area contributed by atoms with Crippen molar-refractivity contribution in [1.29, 1.82) is 5.26 Å². The molecule has 0 radical (unpaired) electrons. The molecule has 0 unspecified atom stereocenters. The second-order valence-electron chi connectivity index (χ2n) is 2.83.